The molecule has 1 aliphatic heterocycles. The Morgan fingerprint density at radius 3 is 3.04 bits per heavy atom. The summed E-state index contributed by atoms with van der Waals surface area (Å²) in [7, 11) is 0. The van der Waals surface area contributed by atoms with Gasteiger partial charge in [0.05, 0.1) is 5.69 Å². The average molecular weight is 335 g/mol. The molecule has 2 heterocycles. The van der Waals surface area contributed by atoms with Crippen molar-refractivity contribution in [3.05, 3.63) is 49.8 Å². The molecule has 0 spiro atoms. The van der Waals surface area contributed by atoms with E-state index in [1.165, 1.54) is 0 Å². The molecule has 1 aromatic heterocycles. The number of anilines is 1. The summed E-state index contributed by atoms with van der Waals surface area (Å²) < 4.78 is 16.0. The van der Waals surface area contributed by atoms with E-state index in [9.17, 15) is 14.0 Å². The zero-order chi connectivity index (χ0) is 16.4. The topological polar surface area (TPSA) is 63.1 Å². The zero-order valence-corrected chi connectivity index (χ0v) is 13.6. The van der Waals surface area contributed by atoms with Crippen molar-refractivity contribution in [3.63, 3.8) is 0 Å². The first kappa shape index (κ1) is 15.9. The van der Waals surface area contributed by atoms with E-state index in [0.29, 0.717) is 25.1 Å². The van der Waals surface area contributed by atoms with Crippen LogP contribution in [0.25, 0.3) is 0 Å². The summed E-state index contributed by atoms with van der Waals surface area (Å²) in [6.07, 6.45) is 0.754. The fourth-order valence-corrected chi connectivity index (χ4v) is 3.49. The summed E-state index contributed by atoms with van der Waals surface area (Å²) in [5, 5.41) is 7.57. The molecule has 0 radical (unpaired) electrons. The Balaban J connectivity index is 1.67. The van der Waals surface area contributed by atoms with Gasteiger partial charge >= 0.3 is 4.87 Å². The monoisotopic (exact) mass is 335 g/mol. The van der Waals surface area contributed by atoms with Gasteiger partial charge in [0.25, 0.3) is 0 Å². The van der Waals surface area contributed by atoms with E-state index in [2.05, 4.69) is 10.6 Å². The van der Waals surface area contributed by atoms with Crippen molar-refractivity contribution in [1.82, 2.24) is 9.88 Å². The van der Waals surface area contributed by atoms with Crippen molar-refractivity contribution >= 4 is 22.9 Å². The van der Waals surface area contributed by atoms with Gasteiger partial charge in [0.2, 0.25) is 5.91 Å². The SMILES string of the molecule is Cc1csc(=O)n1CCC(=O)Nc1ccc2c(c1F)CCNC2. The molecule has 1 amide bonds. The number of halogens is 1. The van der Waals surface area contributed by atoms with Gasteiger partial charge in [0.1, 0.15) is 5.82 Å². The molecule has 0 saturated carbocycles. The second-order valence-electron chi connectivity index (χ2n) is 5.58. The molecule has 3 rings (SSSR count). The summed E-state index contributed by atoms with van der Waals surface area (Å²) in [5.74, 6) is -0.642. The van der Waals surface area contributed by atoms with Gasteiger partial charge in [-0.3, -0.25) is 9.59 Å². The fraction of sp³-hybridized carbons (Fsp3) is 0.375. The highest BCUT2D eigenvalue weighted by molar-refractivity contribution is 7.07. The number of aryl methyl sites for hydroxylation is 1. The number of carbonyl (C=O) groups excluding carboxylic acids is 1. The predicted octanol–water partition coefficient (Wildman–Crippen LogP) is 2.03. The van der Waals surface area contributed by atoms with E-state index in [1.54, 1.807) is 16.0 Å². The lowest BCUT2D eigenvalue weighted by Crippen LogP contribution is -2.25. The molecule has 1 aliphatic rings. The summed E-state index contributed by atoms with van der Waals surface area (Å²) in [6.45, 7) is 3.52. The minimum Gasteiger partial charge on any atom is -0.324 e. The van der Waals surface area contributed by atoms with Gasteiger partial charge in [-0.05, 0) is 37.1 Å². The third kappa shape index (κ3) is 3.35. The molecule has 2 N–H and O–H groups in total. The van der Waals surface area contributed by atoms with Crippen LogP contribution < -0.4 is 15.5 Å². The van der Waals surface area contributed by atoms with Gasteiger partial charge < -0.3 is 15.2 Å². The molecule has 0 unspecified atom stereocenters. The van der Waals surface area contributed by atoms with E-state index >= 15 is 0 Å². The van der Waals surface area contributed by atoms with E-state index < -0.39 is 0 Å². The Hall–Kier alpha value is -1.99. The largest absolute Gasteiger partial charge is 0.324 e. The summed E-state index contributed by atoms with van der Waals surface area (Å²) in [5.41, 5.74) is 2.66. The molecule has 23 heavy (non-hydrogen) atoms. The Bertz CT molecular complexity index is 797. The number of nitrogens with zero attached hydrogens (tertiary/aromatic N) is 1. The number of nitrogens with one attached hydrogen (secondary N) is 2. The van der Waals surface area contributed by atoms with Gasteiger partial charge in [0, 0.05) is 30.6 Å². The van der Waals surface area contributed by atoms with Crippen LogP contribution in [-0.4, -0.2) is 17.0 Å². The first-order valence-corrected chi connectivity index (χ1v) is 8.40. The van der Waals surface area contributed by atoms with Crippen molar-refractivity contribution in [2.45, 2.75) is 32.9 Å². The number of amides is 1. The van der Waals surface area contributed by atoms with E-state index in [-0.39, 0.29) is 28.7 Å². The molecule has 5 nitrogen and oxygen atoms in total. The van der Waals surface area contributed by atoms with Crippen molar-refractivity contribution in [2.75, 3.05) is 11.9 Å². The third-order valence-corrected chi connectivity index (χ3v) is 4.90. The molecule has 0 saturated heterocycles. The summed E-state index contributed by atoms with van der Waals surface area (Å²) >= 11 is 1.11. The van der Waals surface area contributed by atoms with Crippen molar-refractivity contribution < 1.29 is 9.18 Å². The summed E-state index contributed by atoms with van der Waals surface area (Å²) in [6, 6.07) is 3.44. The van der Waals surface area contributed by atoms with Gasteiger partial charge in [0.15, 0.2) is 0 Å². The maximum Gasteiger partial charge on any atom is 0.307 e. The van der Waals surface area contributed by atoms with Gasteiger partial charge in [-0.15, -0.1) is 0 Å². The Morgan fingerprint density at radius 1 is 1.48 bits per heavy atom. The third-order valence-electron chi connectivity index (χ3n) is 4.02. The maximum absolute atomic E-state index is 14.5. The van der Waals surface area contributed by atoms with E-state index in [1.807, 2.05) is 13.0 Å². The smallest absolute Gasteiger partial charge is 0.307 e. The molecular formula is C16H18FN3O2S. The molecular weight excluding hydrogens is 317 g/mol. The minimum absolute atomic E-state index is 0.0808. The number of carbonyl (C=O) groups is 1. The second kappa shape index (κ2) is 6.64. The number of fused-ring (bicyclic) bond motifs is 1. The van der Waals surface area contributed by atoms with Crippen LogP contribution in [0, 0.1) is 12.7 Å². The molecule has 0 atom stereocenters. The van der Waals surface area contributed by atoms with Gasteiger partial charge in [-0.2, -0.15) is 0 Å². The standard InChI is InChI=1S/C16H18FN3O2S/c1-10-9-23-16(22)20(10)7-5-14(21)19-13-3-2-11-8-18-6-4-12(11)15(13)17/h2-3,9,18H,4-8H2,1H3,(H,19,21). The average Bonchev–Trinajstić information content (AvgIpc) is 2.87. The highest BCUT2D eigenvalue weighted by Crippen LogP contribution is 2.24. The lowest BCUT2D eigenvalue weighted by atomic mass is 9.99. The second-order valence-corrected chi connectivity index (χ2v) is 6.41. The number of hydrogen-bond donors (Lipinski definition) is 2. The van der Waals surface area contributed by atoms with E-state index in [0.717, 1.165) is 29.1 Å². The Kier molecular flexibility index (Phi) is 4.58. The first-order chi connectivity index (χ1) is 11.1. The maximum atomic E-state index is 14.5. The molecule has 2 aromatic rings. The van der Waals surface area contributed by atoms with E-state index in [4.69, 9.17) is 0 Å². The Morgan fingerprint density at radius 2 is 2.30 bits per heavy atom. The van der Waals surface area contributed by atoms with Gasteiger partial charge in [-0.25, -0.2) is 4.39 Å². The molecule has 1 aromatic carbocycles. The van der Waals surface area contributed by atoms with Crippen LogP contribution in [0.3, 0.4) is 0 Å². The van der Waals surface area contributed by atoms with Crippen LogP contribution in [0.5, 0.6) is 0 Å². The lowest BCUT2D eigenvalue weighted by Gasteiger charge is -2.19. The minimum atomic E-state index is -0.346. The van der Waals surface area contributed by atoms with Crippen LogP contribution in [-0.2, 0) is 24.3 Å². The zero-order valence-electron chi connectivity index (χ0n) is 12.8. The molecule has 0 bridgehead atoms. The summed E-state index contributed by atoms with van der Waals surface area (Å²) in [4.78, 5) is 23.6. The number of hydrogen-bond acceptors (Lipinski definition) is 4. The highest BCUT2D eigenvalue weighted by atomic mass is 32.1. The number of aromatic nitrogens is 1. The highest BCUT2D eigenvalue weighted by Gasteiger charge is 2.17. The van der Waals surface area contributed by atoms with Crippen LogP contribution in [0.15, 0.2) is 22.3 Å². The van der Waals surface area contributed by atoms with Gasteiger partial charge in [-0.1, -0.05) is 17.4 Å². The van der Waals surface area contributed by atoms with Crippen LogP contribution in [0.1, 0.15) is 23.2 Å². The Labute approximate surface area is 137 Å². The van der Waals surface area contributed by atoms with Crippen molar-refractivity contribution in [1.29, 1.82) is 0 Å². The predicted molar refractivity (Wildman–Crippen MR) is 88.4 cm³/mol. The molecule has 122 valence electrons. The molecule has 7 heteroatoms. The van der Waals surface area contributed by atoms with Crippen molar-refractivity contribution in [2.24, 2.45) is 0 Å². The normalized spacial score (nSPS) is 13.7. The van der Waals surface area contributed by atoms with Crippen LogP contribution in [0.2, 0.25) is 0 Å². The lowest BCUT2D eigenvalue weighted by molar-refractivity contribution is -0.116. The van der Waals surface area contributed by atoms with Crippen LogP contribution in [0.4, 0.5) is 10.1 Å². The molecule has 0 fully saturated rings. The number of benzene rings is 1. The first-order valence-electron chi connectivity index (χ1n) is 7.52. The fourth-order valence-electron chi connectivity index (χ4n) is 2.73. The number of rotatable bonds is 4. The molecule has 0 aliphatic carbocycles. The number of thiazole rings is 1. The van der Waals surface area contributed by atoms with Crippen molar-refractivity contribution in [3.8, 4) is 0 Å². The van der Waals surface area contributed by atoms with Crippen LogP contribution >= 0.6 is 11.3 Å². The quantitative estimate of drug-likeness (QED) is 0.899.